The van der Waals surface area contributed by atoms with E-state index in [-0.39, 0.29) is 8.46 Å². The van der Waals surface area contributed by atoms with Gasteiger partial charge >= 0.3 is 0 Å². The van der Waals surface area contributed by atoms with Gasteiger partial charge < -0.3 is 0 Å². The molecule has 0 aliphatic carbocycles. The highest BCUT2D eigenvalue weighted by Crippen LogP contribution is 2.40. The van der Waals surface area contributed by atoms with Crippen LogP contribution in [0.5, 0.6) is 0 Å². The average molecular weight is 629 g/mol. The van der Waals surface area contributed by atoms with Crippen molar-refractivity contribution in [3.63, 3.8) is 0 Å². The second-order valence-electron chi connectivity index (χ2n) is 12.3. The Morgan fingerprint density at radius 3 is 1.06 bits per heavy atom. The monoisotopic (exact) mass is 628 g/mol. The van der Waals surface area contributed by atoms with Crippen LogP contribution in [0.3, 0.4) is 0 Å². The summed E-state index contributed by atoms with van der Waals surface area (Å²) >= 11 is 0. The van der Waals surface area contributed by atoms with Crippen molar-refractivity contribution in [3.05, 3.63) is 176 Å². The second-order valence-corrected chi connectivity index (χ2v) is 13.0. The van der Waals surface area contributed by atoms with E-state index in [4.69, 9.17) is 0 Å². The predicted molar refractivity (Wildman–Crippen MR) is 205 cm³/mol. The summed E-state index contributed by atoms with van der Waals surface area (Å²) < 4.78 is 12.6. The molecule has 0 aliphatic rings. The third-order valence-corrected chi connectivity index (χ3v) is 10.2. The van der Waals surface area contributed by atoms with Gasteiger partial charge in [-0.3, -0.25) is 4.57 Å². The molecule has 0 spiro atoms. The van der Waals surface area contributed by atoms with Gasteiger partial charge in [-0.25, -0.2) is 0 Å². The maximum Gasteiger partial charge on any atom is 0.192 e. The van der Waals surface area contributed by atoms with E-state index in [2.05, 4.69) is 164 Å². The lowest BCUT2D eigenvalue weighted by Crippen LogP contribution is -2.00. The summed E-state index contributed by atoms with van der Waals surface area (Å²) in [7, 11) is -0.000455. The molecule has 0 saturated carbocycles. The van der Waals surface area contributed by atoms with E-state index in [1.165, 1.54) is 59.8 Å². The van der Waals surface area contributed by atoms with Crippen molar-refractivity contribution >= 4 is 56.9 Å². The fraction of sp³-hybridized carbons (Fsp3) is 0. The molecule has 48 heavy (non-hydrogen) atoms. The minimum atomic E-state index is -0.000455. The molecule has 224 valence electrons. The van der Waals surface area contributed by atoms with Crippen molar-refractivity contribution < 1.29 is 4.57 Å². The summed E-state index contributed by atoms with van der Waals surface area (Å²) in [6.45, 7) is 0. The summed E-state index contributed by atoms with van der Waals surface area (Å²) in [5.74, 6) is 0. The van der Waals surface area contributed by atoms with Gasteiger partial charge in [-0.15, -0.1) is 0 Å². The highest BCUT2D eigenvalue weighted by molar-refractivity contribution is 7.34. The molecule has 0 aromatic heterocycles. The maximum atomic E-state index is 12.6. The van der Waals surface area contributed by atoms with Crippen molar-refractivity contribution in [2.75, 3.05) is 0 Å². The van der Waals surface area contributed by atoms with Crippen molar-refractivity contribution in [2.45, 2.75) is 0 Å². The first-order valence-electron chi connectivity index (χ1n) is 16.3. The Morgan fingerprint density at radius 2 is 0.667 bits per heavy atom. The summed E-state index contributed by atoms with van der Waals surface area (Å²) in [5.41, 5.74) is 9.02. The van der Waals surface area contributed by atoms with Crippen LogP contribution in [0.2, 0.25) is 0 Å². The molecule has 0 bridgehead atoms. The van der Waals surface area contributed by atoms with Crippen LogP contribution in [0.15, 0.2) is 176 Å². The Labute approximate surface area is 281 Å². The SMILES string of the molecule is O=Pc1cccc(-c2ccc(-c3c4ccccc4cc4ccccc34)cc2)c1-c1ccc(-c2c3ccccc3cc3ccccc23)cc1. The van der Waals surface area contributed by atoms with Crippen LogP contribution in [0.25, 0.3) is 87.6 Å². The fourth-order valence-corrected chi connectivity index (χ4v) is 7.92. The van der Waals surface area contributed by atoms with E-state index in [0.29, 0.717) is 0 Å². The number of benzene rings is 9. The van der Waals surface area contributed by atoms with Gasteiger partial charge in [-0.1, -0.05) is 158 Å². The van der Waals surface area contributed by atoms with Crippen molar-refractivity contribution in [1.82, 2.24) is 0 Å². The van der Waals surface area contributed by atoms with Crippen LogP contribution in [0, 0.1) is 0 Å². The number of hydrogen-bond donors (Lipinski definition) is 0. The molecule has 9 aromatic rings. The zero-order valence-electron chi connectivity index (χ0n) is 26.1. The third kappa shape index (κ3) is 4.71. The first-order chi connectivity index (χ1) is 23.8. The van der Waals surface area contributed by atoms with Gasteiger partial charge in [0.1, 0.15) is 0 Å². The minimum Gasteiger partial charge on any atom is -0.269 e. The molecule has 0 radical (unpaired) electrons. The van der Waals surface area contributed by atoms with E-state index in [1.807, 2.05) is 12.1 Å². The first-order valence-corrected chi connectivity index (χ1v) is 17.1. The van der Waals surface area contributed by atoms with Crippen molar-refractivity contribution in [3.8, 4) is 44.5 Å². The number of hydrogen-bond acceptors (Lipinski definition) is 1. The molecular formula is C46H29OP. The molecule has 2 heteroatoms. The Hall–Kier alpha value is -5.88. The van der Waals surface area contributed by atoms with Crippen molar-refractivity contribution in [2.24, 2.45) is 0 Å². The van der Waals surface area contributed by atoms with Crippen LogP contribution in [0.4, 0.5) is 0 Å². The largest absolute Gasteiger partial charge is 0.269 e. The van der Waals surface area contributed by atoms with Gasteiger partial charge in [0.2, 0.25) is 0 Å². The van der Waals surface area contributed by atoms with Gasteiger partial charge in [-0.05, 0) is 100 Å². The Bertz CT molecular complexity index is 2560. The topological polar surface area (TPSA) is 17.1 Å². The molecule has 9 rings (SSSR count). The third-order valence-electron chi connectivity index (χ3n) is 9.63. The van der Waals surface area contributed by atoms with E-state index >= 15 is 0 Å². The first kappa shape index (κ1) is 28.4. The zero-order valence-corrected chi connectivity index (χ0v) is 27.0. The molecule has 0 saturated heterocycles. The van der Waals surface area contributed by atoms with Crippen LogP contribution in [-0.2, 0) is 4.57 Å². The molecule has 1 nitrogen and oxygen atoms in total. The Balaban J connectivity index is 1.16. The standard InChI is InChI=1S/C46H29OP/c47-48-43-19-9-18-38(30-20-22-31(23-21-30)44-39-14-5-1-10-34(39)28-35-11-2-6-15-40(35)44)46(43)33-26-24-32(25-27-33)45-41-16-7-3-12-36(41)29-37-13-4-8-17-42(37)45/h1-29H. The highest BCUT2D eigenvalue weighted by Gasteiger charge is 2.16. The molecule has 0 unspecified atom stereocenters. The van der Waals surface area contributed by atoms with Gasteiger partial charge in [0.15, 0.2) is 8.46 Å². The lowest BCUT2D eigenvalue weighted by atomic mass is 9.89. The smallest absolute Gasteiger partial charge is 0.192 e. The maximum absolute atomic E-state index is 12.6. The molecule has 0 amide bonds. The minimum absolute atomic E-state index is 0.000455. The van der Waals surface area contributed by atoms with Crippen molar-refractivity contribution in [1.29, 1.82) is 0 Å². The summed E-state index contributed by atoms with van der Waals surface area (Å²) in [6, 6.07) is 62.7. The molecule has 0 N–H and O–H groups in total. The zero-order chi connectivity index (χ0) is 32.0. The van der Waals surface area contributed by atoms with Gasteiger partial charge in [-0.2, -0.15) is 0 Å². The molecule has 9 aromatic carbocycles. The lowest BCUT2D eigenvalue weighted by molar-refractivity contribution is 0.603. The van der Waals surface area contributed by atoms with Crippen LogP contribution < -0.4 is 5.30 Å². The number of fused-ring (bicyclic) bond motifs is 4. The molecule has 0 heterocycles. The second kappa shape index (κ2) is 11.7. The highest BCUT2D eigenvalue weighted by atomic mass is 31.1. The van der Waals surface area contributed by atoms with E-state index in [9.17, 15) is 4.57 Å². The van der Waals surface area contributed by atoms with Crippen LogP contribution in [0.1, 0.15) is 0 Å². The van der Waals surface area contributed by atoms with Gasteiger partial charge in [0, 0.05) is 5.56 Å². The van der Waals surface area contributed by atoms with Gasteiger partial charge in [0.25, 0.3) is 0 Å². The normalized spacial score (nSPS) is 11.6. The molecule has 0 aliphatic heterocycles. The lowest BCUT2D eigenvalue weighted by Gasteiger charge is -2.16. The van der Waals surface area contributed by atoms with E-state index in [0.717, 1.165) is 33.1 Å². The molecule has 0 fully saturated rings. The van der Waals surface area contributed by atoms with Crippen LogP contribution >= 0.6 is 8.46 Å². The molecular weight excluding hydrogens is 599 g/mol. The van der Waals surface area contributed by atoms with Crippen LogP contribution in [-0.4, -0.2) is 0 Å². The summed E-state index contributed by atoms with van der Waals surface area (Å²) in [6.07, 6.45) is 0. The Morgan fingerprint density at radius 1 is 0.312 bits per heavy atom. The summed E-state index contributed by atoms with van der Waals surface area (Å²) in [4.78, 5) is 0. The quantitative estimate of drug-likeness (QED) is 0.137. The Kier molecular flexibility index (Phi) is 6.93. The van der Waals surface area contributed by atoms with E-state index < -0.39 is 0 Å². The average Bonchev–Trinajstić information content (AvgIpc) is 3.16. The van der Waals surface area contributed by atoms with Gasteiger partial charge in [0.05, 0.1) is 5.30 Å². The summed E-state index contributed by atoms with van der Waals surface area (Å²) in [5, 5.41) is 10.7. The van der Waals surface area contributed by atoms with E-state index in [1.54, 1.807) is 0 Å². The predicted octanol–water partition coefficient (Wildman–Crippen LogP) is 12.9. The number of rotatable bonds is 5. The fourth-order valence-electron chi connectivity index (χ4n) is 7.43. The molecule has 0 atom stereocenters.